The van der Waals surface area contributed by atoms with Crippen LogP contribution in [0.5, 0.6) is 0 Å². The summed E-state index contributed by atoms with van der Waals surface area (Å²) < 4.78 is 0. The van der Waals surface area contributed by atoms with Crippen molar-refractivity contribution in [2.24, 2.45) is 0 Å². The Kier molecular flexibility index (Phi) is 4.88. The number of hydrogen-bond donors (Lipinski definition) is 0. The minimum absolute atomic E-state index is 0.00751. The van der Waals surface area contributed by atoms with Crippen LogP contribution in [-0.2, 0) is 5.41 Å². The van der Waals surface area contributed by atoms with Gasteiger partial charge in [0.15, 0.2) is 5.78 Å². The molecule has 1 aliphatic rings. The minimum atomic E-state index is -0.0528. The number of carbonyl (C=O) groups excluding carboxylic acids is 2. The van der Waals surface area contributed by atoms with Gasteiger partial charge in [-0.3, -0.25) is 9.59 Å². The Morgan fingerprint density at radius 1 is 1.33 bits per heavy atom. The summed E-state index contributed by atoms with van der Waals surface area (Å²) in [7, 11) is 0. The number of thiophene rings is 1. The fraction of sp³-hybridized carbons (Fsp3) is 0.500. The van der Waals surface area contributed by atoms with Crippen molar-refractivity contribution in [3.05, 3.63) is 38.5 Å². The molecular formula is C18H22N2O2S2. The number of hydrogen-bond acceptors (Lipinski definition) is 5. The average molecular weight is 363 g/mol. The molecule has 0 bridgehead atoms. The Labute approximate surface area is 150 Å². The standard InChI is InChI=1S/C18H22N2O2S2/c1-18(2,3)17-19-13(11-24-17)16(22)20-8-4-6-12(20)10-14(21)15-7-5-9-23-15/h5,7,9,11-12H,4,6,8,10H2,1-3H3. The fourth-order valence-corrected chi connectivity index (χ4v) is 4.49. The van der Waals surface area contributed by atoms with Crippen LogP contribution >= 0.6 is 22.7 Å². The van der Waals surface area contributed by atoms with Gasteiger partial charge in [0.2, 0.25) is 0 Å². The normalized spacial score (nSPS) is 18.1. The molecule has 0 N–H and O–H groups in total. The predicted octanol–water partition coefficient (Wildman–Crippen LogP) is 4.38. The van der Waals surface area contributed by atoms with E-state index in [0.717, 1.165) is 22.7 Å². The molecule has 3 rings (SSSR count). The molecule has 0 aromatic carbocycles. The molecule has 1 fully saturated rings. The van der Waals surface area contributed by atoms with E-state index in [1.165, 1.54) is 22.7 Å². The quantitative estimate of drug-likeness (QED) is 0.759. The second kappa shape index (κ2) is 6.76. The van der Waals surface area contributed by atoms with E-state index in [0.29, 0.717) is 18.7 Å². The van der Waals surface area contributed by atoms with Crippen molar-refractivity contribution in [1.29, 1.82) is 0 Å². The Bertz CT molecular complexity index is 729. The molecule has 3 heterocycles. The van der Waals surface area contributed by atoms with Gasteiger partial charge in [0.1, 0.15) is 5.69 Å². The van der Waals surface area contributed by atoms with Gasteiger partial charge >= 0.3 is 0 Å². The first-order valence-electron chi connectivity index (χ1n) is 8.20. The zero-order valence-electron chi connectivity index (χ0n) is 14.2. The lowest BCUT2D eigenvalue weighted by Gasteiger charge is -2.23. The lowest BCUT2D eigenvalue weighted by molar-refractivity contribution is 0.0712. The Hall–Kier alpha value is -1.53. The van der Waals surface area contributed by atoms with Gasteiger partial charge in [-0.15, -0.1) is 22.7 Å². The number of ketones is 1. The van der Waals surface area contributed by atoms with E-state index in [1.807, 2.05) is 27.8 Å². The molecule has 0 saturated carbocycles. The highest BCUT2D eigenvalue weighted by Gasteiger charge is 2.33. The summed E-state index contributed by atoms with van der Waals surface area (Å²) in [5, 5.41) is 4.73. The summed E-state index contributed by atoms with van der Waals surface area (Å²) in [5.41, 5.74) is 0.461. The fourth-order valence-electron chi connectivity index (χ4n) is 2.93. The van der Waals surface area contributed by atoms with Gasteiger partial charge in [-0.25, -0.2) is 4.98 Å². The van der Waals surface area contributed by atoms with Crippen molar-refractivity contribution in [3.63, 3.8) is 0 Å². The number of likely N-dealkylation sites (tertiary alicyclic amines) is 1. The van der Waals surface area contributed by atoms with Crippen LogP contribution in [0, 0.1) is 0 Å². The molecule has 4 nitrogen and oxygen atoms in total. The first-order valence-corrected chi connectivity index (χ1v) is 9.96. The zero-order chi connectivity index (χ0) is 17.3. The van der Waals surface area contributed by atoms with Gasteiger partial charge in [0.05, 0.1) is 9.88 Å². The first kappa shape index (κ1) is 17.3. The van der Waals surface area contributed by atoms with Gasteiger partial charge in [-0.1, -0.05) is 26.8 Å². The van der Waals surface area contributed by atoms with Crippen LogP contribution in [0.3, 0.4) is 0 Å². The molecule has 128 valence electrons. The van der Waals surface area contributed by atoms with E-state index < -0.39 is 0 Å². The third kappa shape index (κ3) is 3.59. The lowest BCUT2D eigenvalue weighted by atomic mass is 9.98. The zero-order valence-corrected chi connectivity index (χ0v) is 15.9. The summed E-state index contributed by atoms with van der Waals surface area (Å²) in [5.74, 6) is 0.0894. The topological polar surface area (TPSA) is 50.3 Å². The number of carbonyl (C=O) groups is 2. The molecule has 2 aromatic rings. The van der Waals surface area contributed by atoms with Crippen molar-refractivity contribution < 1.29 is 9.59 Å². The number of nitrogens with zero attached hydrogens (tertiary/aromatic N) is 2. The monoisotopic (exact) mass is 362 g/mol. The Morgan fingerprint density at radius 2 is 2.12 bits per heavy atom. The smallest absolute Gasteiger partial charge is 0.273 e. The van der Waals surface area contributed by atoms with E-state index in [-0.39, 0.29) is 23.1 Å². The molecule has 24 heavy (non-hydrogen) atoms. The van der Waals surface area contributed by atoms with Crippen molar-refractivity contribution in [3.8, 4) is 0 Å². The third-order valence-corrected chi connectivity index (χ3v) is 6.40. The maximum absolute atomic E-state index is 12.8. The van der Waals surface area contributed by atoms with Crippen LogP contribution in [0.2, 0.25) is 0 Å². The van der Waals surface area contributed by atoms with Crippen LogP contribution in [0.15, 0.2) is 22.9 Å². The minimum Gasteiger partial charge on any atom is -0.334 e. The van der Waals surface area contributed by atoms with Crippen LogP contribution in [-0.4, -0.2) is 34.2 Å². The average Bonchev–Trinajstić information content (AvgIpc) is 3.26. The predicted molar refractivity (Wildman–Crippen MR) is 98.1 cm³/mol. The number of Topliss-reactive ketones (excluding diaryl/α,β-unsaturated/α-hetero) is 1. The van der Waals surface area contributed by atoms with E-state index in [1.54, 1.807) is 0 Å². The second-order valence-corrected chi connectivity index (χ2v) is 8.99. The summed E-state index contributed by atoms with van der Waals surface area (Å²) in [4.78, 5) is 32.3. The number of thiazole rings is 1. The molecule has 6 heteroatoms. The lowest BCUT2D eigenvalue weighted by Crippen LogP contribution is -2.37. The van der Waals surface area contributed by atoms with Crippen molar-refractivity contribution >= 4 is 34.4 Å². The van der Waals surface area contributed by atoms with Gasteiger partial charge in [-0.2, -0.15) is 0 Å². The van der Waals surface area contributed by atoms with Gasteiger partial charge in [0.25, 0.3) is 5.91 Å². The molecule has 0 aliphatic carbocycles. The van der Waals surface area contributed by atoms with Gasteiger partial charge < -0.3 is 4.90 Å². The van der Waals surface area contributed by atoms with Crippen molar-refractivity contribution in [1.82, 2.24) is 9.88 Å². The van der Waals surface area contributed by atoms with Crippen LogP contribution in [0.1, 0.15) is 65.2 Å². The summed E-state index contributed by atoms with van der Waals surface area (Å²) >= 11 is 3.00. The number of rotatable bonds is 4. The SMILES string of the molecule is CC(C)(C)c1nc(C(=O)N2CCCC2CC(=O)c2cccs2)cs1. The highest BCUT2D eigenvalue weighted by atomic mass is 32.1. The number of amides is 1. The molecule has 1 aliphatic heterocycles. The molecule has 1 unspecified atom stereocenters. The molecular weight excluding hydrogens is 340 g/mol. The largest absolute Gasteiger partial charge is 0.334 e. The van der Waals surface area contributed by atoms with Crippen LogP contribution in [0.4, 0.5) is 0 Å². The van der Waals surface area contributed by atoms with Crippen LogP contribution in [0.25, 0.3) is 0 Å². The third-order valence-electron chi connectivity index (χ3n) is 4.22. The van der Waals surface area contributed by atoms with Gasteiger partial charge in [0, 0.05) is 29.8 Å². The van der Waals surface area contributed by atoms with E-state index in [4.69, 9.17) is 0 Å². The highest BCUT2D eigenvalue weighted by Crippen LogP contribution is 2.28. The molecule has 0 spiro atoms. The van der Waals surface area contributed by atoms with E-state index >= 15 is 0 Å². The van der Waals surface area contributed by atoms with Crippen molar-refractivity contribution in [2.75, 3.05) is 6.54 Å². The van der Waals surface area contributed by atoms with Gasteiger partial charge in [-0.05, 0) is 24.3 Å². The van der Waals surface area contributed by atoms with E-state index in [9.17, 15) is 9.59 Å². The Morgan fingerprint density at radius 3 is 2.75 bits per heavy atom. The second-order valence-electron chi connectivity index (χ2n) is 7.19. The molecule has 1 amide bonds. The number of aromatic nitrogens is 1. The summed E-state index contributed by atoms with van der Waals surface area (Å²) in [6.07, 6.45) is 2.24. The van der Waals surface area contributed by atoms with Crippen molar-refractivity contribution in [2.45, 2.75) is 51.5 Å². The highest BCUT2D eigenvalue weighted by molar-refractivity contribution is 7.12. The van der Waals surface area contributed by atoms with Crippen LogP contribution < -0.4 is 0 Å². The molecule has 0 radical (unpaired) electrons. The summed E-state index contributed by atoms with van der Waals surface area (Å²) in [6, 6.07) is 3.73. The maximum Gasteiger partial charge on any atom is 0.273 e. The molecule has 1 atom stereocenters. The summed E-state index contributed by atoms with van der Waals surface area (Å²) in [6.45, 7) is 7.00. The van der Waals surface area contributed by atoms with E-state index in [2.05, 4.69) is 25.8 Å². The maximum atomic E-state index is 12.8. The molecule has 2 aromatic heterocycles. The Balaban J connectivity index is 1.72. The molecule has 1 saturated heterocycles. The first-order chi connectivity index (χ1) is 11.4.